The molecule has 1 aliphatic heterocycles. The maximum Gasteiger partial charge on any atom is 0.182 e. The number of aromatic nitrogens is 1. The van der Waals surface area contributed by atoms with Crippen LogP contribution in [0.4, 0.5) is 5.13 Å². The first kappa shape index (κ1) is 14.7. The van der Waals surface area contributed by atoms with E-state index in [1.165, 1.54) is 25.9 Å². The Hall–Kier alpha value is -0.320. The van der Waals surface area contributed by atoms with E-state index in [1.54, 1.807) is 11.3 Å². The van der Waals surface area contributed by atoms with Crippen molar-refractivity contribution in [3.05, 3.63) is 11.6 Å². The minimum absolute atomic E-state index is 0. The number of hydrogen-bond donors (Lipinski definition) is 1. The van der Waals surface area contributed by atoms with Crippen molar-refractivity contribution in [2.75, 3.05) is 31.5 Å². The lowest BCUT2D eigenvalue weighted by Gasteiger charge is -2.38. The summed E-state index contributed by atoms with van der Waals surface area (Å²) >= 11 is 1.67. The highest BCUT2D eigenvalue weighted by atomic mass is 35.5. The van der Waals surface area contributed by atoms with Crippen LogP contribution in [-0.4, -0.2) is 36.1 Å². The zero-order valence-electron chi connectivity index (χ0n) is 10.6. The summed E-state index contributed by atoms with van der Waals surface area (Å²) in [7, 11) is 0. The molecule has 1 aliphatic rings. The highest BCUT2D eigenvalue weighted by Crippen LogP contribution is 2.27. The van der Waals surface area contributed by atoms with E-state index in [0.717, 1.165) is 18.2 Å². The minimum Gasteiger partial charge on any atom is -0.360 e. The van der Waals surface area contributed by atoms with Crippen molar-refractivity contribution in [3.63, 3.8) is 0 Å². The topological polar surface area (TPSA) is 28.2 Å². The first-order chi connectivity index (χ1) is 7.66. The predicted octanol–water partition coefficient (Wildman–Crippen LogP) is 3.10. The molecule has 0 amide bonds. The molecule has 1 aromatic rings. The highest BCUT2D eigenvalue weighted by Gasteiger charge is 2.25. The van der Waals surface area contributed by atoms with E-state index in [4.69, 9.17) is 0 Å². The van der Waals surface area contributed by atoms with E-state index in [9.17, 15) is 0 Å². The van der Waals surface area contributed by atoms with Crippen LogP contribution < -0.4 is 5.32 Å². The second-order valence-electron chi connectivity index (χ2n) is 5.31. The Labute approximate surface area is 114 Å². The first-order valence-corrected chi connectivity index (χ1v) is 6.89. The maximum atomic E-state index is 4.22. The van der Waals surface area contributed by atoms with Crippen molar-refractivity contribution in [3.8, 4) is 0 Å². The maximum absolute atomic E-state index is 4.22. The van der Waals surface area contributed by atoms with E-state index in [-0.39, 0.29) is 12.4 Å². The molecule has 5 heteroatoms. The fourth-order valence-corrected chi connectivity index (χ4v) is 2.92. The molecule has 0 saturated carbocycles. The van der Waals surface area contributed by atoms with E-state index in [1.807, 2.05) is 11.6 Å². The predicted molar refractivity (Wildman–Crippen MR) is 77.3 cm³/mol. The summed E-state index contributed by atoms with van der Waals surface area (Å²) in [5, 5.41) is 6.41. The van der Waals surface area contributed by atoms with E-state index in [2.05, 4.69) is 29.0 Å². The molecule has 0 radical (unpaired) electrons. The third-order valence-corrected chi connectivity index (χ3v) is 3.85. The Morgan fingerprint density at radius 1 is 1.53 bits per heavy atom. The van der Waals surface area contributed by atoms with Gasteiger partial charge < -0.3 is 10.2 Å². The molecule has 0 spiro atoms. The van der Waals surface area contributed by atoms with Crippen LogP contribution in [0.1, 0.15) is 26.7 Å². The van der Waals surface area contributed by atoms with Crippen LogP contribution in [0.15, 0.2) is 11.6 Å². The van der Waals surface area contributed by atoms with Crippen LogP contribution in [-0.2, 0) is 0 Å². The molecule has 2 heterocycles. The largest absolute Gasteiger partial charge is 0.360 e. The van der Waals surface area contributed by atoms with Crippen molar-refractivity contribution in [2.24, 2.45) is 5.41 Å². The molecular formula is C12H22ClN3S. The van der Waals surface area contributed by atoms with Gasteiger partial charge in [0, 0.05) is 31.2 Å². The smallest absolute Gasteiger partial charge is 0.182 e. The van der Waals surface area contributed by atoms with Gasteiger partial charge in [-0.05, 0) is 24.8 Å². The number of rotatable bonds is 4. The lowest BCUT2D eigenvalue weighted by Crippen LogP contribution is -2.42. The summed E-state index contributed by atoms with van der Waals surface area (Å²) in [4.78, 5) is 6.78. The molecule has 1 saturated heterocycles. The third kappa shape index (κ3) is 4.82. The number of nitrogens with zero attached hydrogens (tertiary/aromatic N) is 2. The Kier molecular flexibility index (Phi) is 5.70. The van der Waals surface area contributed by atoms with Crippen LogP contribution in [0.5, 0.6) is 0 Å². The number of likely N-dealkylation sites (tertiary alicyclic amines) is 1. The fourth-order valence-electron chi connectivity index (χ4n) is 2.37. The average molecular weight is 276 g/mol. The molecule has 0 unspecified atom stereocenters. The summed E-state index contributed by atoms with van der Waals surface area (Å²) in [5.41, 5.74) is 0.499. The molecule has 2 rings (SSSR count). The van der Waals surface area contributed by atoms with Crippen molar-refractivity contribution in [1.29, 1.82) is 0 Å². The molecular weight excluding hydrogens is 254 g/mol. The zero-order chi connectivity index (χ0) is 11.4. The molecule has 1 aromatic heterocycles. The van der Waals surface area contributed by atoms with Crippen LogP contribution >= 0.6 is 23.7 Å². The lowest BCUT2D eigenvalue weighted by atomic mass is 9.84. The van der Waals surface area contributed by atoms with Crippen LogP contribution in [0, 0.1) is 5.41 Å². The zero-order valence-corrected chi connectivity index (χ0v) is 12.2. The molecule has 0 aliphatic carbocycles. The van der Waals surface area contributed by atoms with E-state index >= 15 is 0 Å². The quantitative estimate of drug-likeness (QED) is 0.915. The Morgan fingerprint density at radius 2 is 2.35 bits per heavy atom. The summed E-state index contributed by atoms with van der Waals surface area (Å²) in [6, 6.07) is 0. The van der Waals surface area contributed by atoms with E-state index in [0.29, 0.717) is 5.41 Å². The van der Waals surface area contributed by atoms with Crippen molar-refractivity contribution < 1.29 is 0 Å². The van der Waals surface area contributed by atoms with Gasteiger partial charge >= 0.3 is 0 Å². The number of piperidine rings is 1. The molecule has 1 N–H and O–H groups in total. The summed E-state index contributed by atoms with van der Waals surface area (Å²) < 4.78 is 0. The normalized spacial score (nSPS) is 19.6. The monoisotopic (exact) mass is 275 g/mol. The third-order valence-electron chi connectivity index (χ3n) is 3.12. The number of hydrogen-bond acceptors (Lipinski definition) is 4. The van der Waals surface area contributed by atoms with Crippen LogP contribution in [0.3, 0.4) is 0 Å². The summed E-state index contributed by atoms with van der Waals surface area (Å²) in [6.07, 6.45) is 4.55. The number of thiazole rings is 1. The summed E-state index contributed by atoms with van der Waals surface area (Å²) in [5.74, 6) is 0. The van der Waals surface area contributed by atoms with Gasteiger partial charge in [0.2, 0.25) is 0 Å². The SMILES string of the molecule is CC1(C)CCCN(CCNc2nccs2)C1.Cl. The van der Waals surface area contributed by atoms with Crippen molar-refractivity contribution >= 4 is 28.9 Å². The molecule has 1 fully saturated rings. The standard InChI is InChI=1S/C12H21N3S.ClH/c1-12(2)4-3-7-15(10-12)8-5-13-11-14-6-9-16-11;/h6,9H,3-5,7-8,10H2,1-2H3,(H,13,14);1H. The highest BCUT2D eigenvalue weighted by molar-refractivity contribution is 7.13. The van der Waals surface area contributed by atoms with Gasteiger partial charge in [0.05, 0.1) is 0 Å². The number of anilines is 1. The molecule has 98 valence electrons. The lowest BCUT2D eigenvalue weighted by molar-refractivity contribution is 0.122. The van der Waals surface area contributed by atoms with E-state index < -0.39 is 0 Å². The first-order valence-electron chi connectivity index (χ1n) is 6.01. The second kappa shape index (κ2) is 6.57. The van der Waals surface area contributed by atoms with Crippen molar-refractivity contribution in [1.82, 2.24) is 9.88 Å². The van der Waals surface area contributed by atoms with Crippen LogP contribution in [0.2, 0.25) is 0 Å². The van der Waals surface area contributed by atoms with Gasteiger partial charge in [-0.3, -0.25) is 0 Å². The Morgan fingerprint density at radius 3 is 3.00 bits per heavy atom. The van der Waals surface area contributed by atoms with Gasteiger partial charge in [0.1, 0.15) is 0 Å². The average Bonchev–Trinajstić information content (AvgIpc) is 2.69. The van der Waals surface area contributed by atoms with Crippen LogP contribution in [0.25, 0.3) is 0 Å². The summed E-state index contributed by atoms with van der Waals surface area (Å²) in [6.45, 7) is 9.35. The Balaban J connectivity index is 0.00000144. The van der Waals surface area contributed by atoms with Gasteiger partial charge in [0.25, 0.3) is 0 Å². The van der Waals surface area contributed by atoms with Gasteiger partial charge in [-0.1, -0.05) is 13.8 Å². The van der Waals surface area contributed by atoms with Gasteiger partial charge in [0.15, 0.2) is 5.13 Å². The molecule has 0 bridgehead atoms. The molecule has 0 atom stereocenters. The number of halogens is 1. The fraction of sp³-hybridized carbons (Fsp3) is 0.750. The van der Waals surface area contributed by atoms with Gasteiger partial charge in [-0.15, -0.1) is 23.7 Å². The molecule has 3 nitrogen and oxygen atoms in total. The Bertz CT molecular complexity index is 314. The van der Waals surface area contributed by atoms with Gasteiger partial charge in [-0.2, -0.15) is 0 Å². The molecule has 0 aromatic carbocycles. The van der Waals surface area contributed by atoms with Crippen molar-refractivity contribution in [2.45, 2.75) is 26.7 Å². The minimum atomic E-state index is 0. The number of nitrogens with one attached hydrogen (secondary N) is 1. The second-order valence-corrected chi connectivity index (χ2v) is 6.20. The van der Waals surface area contributed by atoms with Gasteiger partial charge in [-0.25, -0.2) is 4.98 Å². The molecule has 17 heavy (non-hydrogen) atoms.